The van der Waals surface area contributed by atoms with Crippen molar-refractivity contribution in [1.82, 2.24) is 40.3 Å². The molecule has 0 saturated heterocycles. The molecule has 2 N–H and O–H groups in total. The van der Waals surface area contributed by atoms with Gasteiger partial charge >= 0.3 is 0 Å². The molecule has 12 heteroatoms. The fraction of sp³-hybridized carbons (Fsp3) is 0.400. The van der Waals surface area contributed by atoms with Crippen LogP contribution >= 0.6 is 11.8 Å². The van der Waals surface area contributed by atoms with Gasteiger partial charge in [0.1, 0.15) is 11.9 Å². The Morgan fingerprint density at radius 1 is 0.957 bits per heavy atom. The lowest BCUT2D eigenvalue weighted by Gasteiger charge is -2.28. The Kier molecular flexibility index (Phi) is 11.4. The Balaban J connectivity index is 1.55. The number of nitrogens with zero attached hydrogens (tertiary/aromatic N) is 6. The Morgan fingerprint density at radius 2 is 1.66 bits per heavy atom. The van der Waals surface area contributed by atoms with Crippen LogP contribution in [0.4, 0.5) is 0 Å². The molecule has 3 heterocycles. The van der Waals surface area contributed by atoms with Gasteiger partial charge in [-0.05, 0) is 37.7 Å². The van der Waals surface area contributed by atoms with Crippen LogP contribution in [0.15, 0.2) is 66.9 Å². The monoisotopic (exact) mass is 654 g/mol. The Bertz CT molecular complexity index is 1680. The van der Waals surface area contributed by atoms with Crippen molar-refractivity contribution in [1.29, 1.82) is 0 Å². The van der Waals surface area contributed by atoms with Crippen molar-refractivity contribution in [3.63, 3.8) is 0 Å². The lowest BCUT2D eigenvalue weighted by atomic mass is 10.0. The van der Waals surface area contributed by atoms with Gasteiger partial charge in [-0.2, -0.15) is 16.9 Å². The van der Waals surface area contributed by atoms with E-state index >= 15 is 0 Å². The normalized spacial score (nSPS) is 17.9. The summed E-state index contributed by atoms with van der Waals surface area (Å²) in [6.45, 7) is 6.78. The topological polar surface area (TPSA) is 135 Å². The summed E-state index contributed by atoms with van der Waals surface area (Å²) in [5, 5.41) is 11.0. The highest BCUT2D eigenvalue weighted by Gasteiger charge is 2.30. The second-order valence-corrected chi connectivity index (χ2v) is 12.9. The van der Waals surface area contributed by atoms with E-state index in [1.54, 1.807) is 34.5 Å². The van der Waals surface area contributed by atoms with Crippen molar-refractivity contribution in [3.8, 4) is 22.6 Å². The second-order valence-electron chi connectivity index (χ2n) is 12.0. The minimum Gasteiger partial charge on any atom is -0.344 e. The summed E-state index contributed by atoms with van der Waals surface area (Å²) in [6.07, 6.45) is 4.63. The average molecular weight is 655 g/mol. The zero-order chi connectivity index (χ0) is 33.3. The van der Waals surface area contributed by atoms with Gasteiger partial charge in [-0.25, -0.2) is 19.6 Å². The molecule has 246 valence electrons. The zero-order valence-corrected chi connectivity index (χ0v) is 28.2. The number of hydrogen-bond donors (Lipinski definition) is 2. The van der Waals surface area contributed by atoms with Crippen molar-refractivity contribution in [2.45, 2.75) is 58.7 Å². The molecule has 1 aliphatic heterocycles. The smallest absolute Gasteiger partial charge is 0.257 e. The SMILES string of the molecule is CSCC[C@@H]1NC(=O)CCCN(C(=O)c2cnc(C)nc2-c2ccccc2)CCn2nc(-c3ccccc3)nc2[C@@H](C(C)C)NC1=O. The molecule has 0 radical (unpaired) electrons. The standard InChI is InChI=1S/C35H42N8O3S/c1-23(2)30-33-40-32(26-14-9-6-10-15-26)41-43(33)20-19-42(18-11-16-29(44)38-28(17-21-47-4)34(45)39-30)35(46)27-22-36-24(3)37-31(27)25-12-7-5-8-13-25/h5-10,12-15,22-23,28,30H,11,16-21H2,1-4H3,(H,38,44)(H,39,45)/t28-,30+/m0/s1. The lowest BCUT2D eigenvalue weighted by molar-refractivity contribution is -0.129. The summed E-state index contributed by atoms with van der Waals surface area (Å²) in [6, 6.07) is 18.1. The molecule has 3 amide bonds. The Labute approximate surface area is 280 Å². The number of rotatable bonds is 7. The van der Waals surface area contributed by atoms with Gasteiger partial charge in [0.2, 0.25) is 11.8 Å². The van der Waals surface area contributed by atoms with E-state index in [4.69, 9.17) is 10.1 Å². The van der Waals surface area contributed by atoms with E-state index in [0.29, 0.717) is 67.0 Å². The van der Waals surface area contributed by atoms with Crippen LogP contribution in [0.2, 0.25) is 0 Å². The maximum absolute atomic E-state index is 14.3. The Hall–Kier alpha value is -4.58. The van der Waals surface area contributed by atoms with Crippen molar-refractivity contribution in [2.24, 2.45) is 5.92 Å². The molecule has 11 nitrogen and oxygen atoms in total. The fourth-order valence-electron chi connectivity index (χ4n) is 5.59. The van der Waals surface area contributed by atoms with E-state index in [1.165, 1.54) is 0 Å². The summed E-state index contributed by atoms with van der Waals surface area (Å²) in [5.74, 6) is 1.67. The Morgan fingerprint density at radius 3 is 2.34 bits per heavy atom. The highest BCUT2D eigenvalue weighted by Crippen LogP contribution is 2.26. The summed E-state index contributed by atoms with van der Waals surface area (Å²) >= 11 is 1.62. The highest BCUT2D eigenvalue weighted by atomic mass is 32.2. The van der Waals surface area contributed by atoms with Crippen LogP contribution in [-0.2, 0) is 16.1 Å². The summed E-state index contributed by atoms with van der Waals surface area (Å²) in [7, 11) is 0. The van der Waals surface area contributed by atoms with E-state index in [9.17, 15) is 14.4 Å². The van der Waals surface area contributed by atoms with Crippen LogP contribution in [0.1, 0.15) is 61.2 Å². The number of aromatic nitrogens is 5. The summed E-state index contributed by atoms with van der Waals surface area (Å²) in [5.41, 5.74) is 2.62. The third kappa shape index (κ3) is 8.42. The zero-order valence-electron chi connectivity index (χ0n) is 27.3. The molecule has 4 aromatic rings. The number of hydrogen-bond acceptors (Lipinski definition) is 8. The van der Waals surface area contributed by atoms with Gasteiger partial charge in [-0.3, -0.25) is 14.4 Å². The third-order valence-corrected chi connectivity index (χ3v) is 8.77. The third-order valence-electron chi connectivity index (χ3n) is 8.12. The van der Waals surface area contributed by atoms with E-state index in [-0.39, 0.29) is 30.1 Å². The number of thioether (sulfide) groups is 1. The highest BCUT2D eigenvalue weighted by molar-refractivity contribution is 7.98. The van der Waals surface area contributed by atoms with Gasteiger partial charge < -0.3 is 15.5 Å². The molecule has 2 aromatic carbocycles. The fourth-order valence-corrected chi connectivity index (χ4v) is 6.06. The van der Waals surface area contributed by atoms with Crippen molar-refractivity contribution in [2.75, 3.05) is 25.1 Å². The first-order valence-corrected chi connectivity index (χ1v) is 17.4. The summed E-state index contributed by atoms with van der Waals surface area (Å²) < 4.78 is 1.80. The van der Waals surface area contributed by atoms with Crippen molar-refractivity contribution in [3.05, 3.63) is 84.1 Å². The van der Waals surface area contributed by atoms with E-state index in [0.717, 1.165) is 11.1 Å². The molecule has 0 saturated carbocycles. The minimum absolute atomic E-state index is 0.0359. The van der Waals surface area contributed by atoms with Gasteiger partial charge in [0.05, 0.1) is 23.8 Å². The molecule has 2 aromatic heterocycles. The number of benzene rings is 2. The van der Waals surface area contributed by atoms with Gasteiger partial charge in [0.25, 0.3) is 5.91 Å². The van der Waals surface area contributed by atoms with Crippen LogP contribution in [0.3, 0.4) is 0 Å². The molecule has 2 atom stereocenters. The maximum atomic E-state index is 14.3. The number of amides is 3. The average Bonchev–Trinajstić information content (AvgIpc) is 3.50. The van der Waals surface area contributed by atoms with Crippen LogP contribution < -0.4 is 10.6 Å². The number of carbonyl (C=O) groups excluding carboxylic acids is 3. The predicted octanol–water partition coefficient (Wildman–Crippen LogP) is 4.70. The first-order valence-electron chi connectivity index (χ1n) is 16.0. The predicted molar refractivity (Wildman–Crippen MR) is 183 cm³/mol. The number of fused-ring (bicyclic) bond motifs is 1. The number of carbonyl (C=O) groups is 3. The summed E-state index contributed by atoms with van der Waals surface area (Å²) in [4.78, 5) is 56.8. The molecule has 5 rings (SSSR count). The van der Waals surface area contributed by atoms with Crippen LogP contribution in [0.5, 0.6) is 0 Å². The number of aryl methyl sites for hydroxylation is 1. The van der Waals surface area contributed by atoms with Gasteiger partial charge in [0.15, 0.2) is 11.6 Å². The molecular formula is C35H42N8O3S. The number of nitrogens with one attached hydrogen (secondary N) is 2. The van der Waals surface area contributed by atoms with Crippen LogP contribution in [0.25, 0.3) is 22.6 Å². The van der Waals surface area contributed by atoms with Crippen LogP contribution in [-0.4, -0.2) is 78.5 Å². The van der Waals surface area contributed by atoms with Crippen LogP contribution in [0, 0.1) is 12.8 Å². The van der Waals surface area contributed by atoms with Gasteiger partial charge in [-0.15, -0.1) is 0 Å². The molecule has 0 bridgehead atoms. The molecule has 0 fully saturated rings. The lowest BCUT2D eigenvalue weighted by Crippen LogP contribution is -2.49. The van der Waals surface area contributed by atoms with E-state index in [2.05, 4.69) is 20.6 Å². The van der Waals surface area contributed by atoms with Gasteiger partial charge in [-0.1, -0.05) is 74.5 Å². The van der Waals surface area contributed by atoms with Crippen molar-refractivity contribution < 1.29 is 14.4 Å². The quantitative estimate of drug-likeness (QED) is 0.293. The first kappa shape index (κ1) is 33.8. The van der Waals surface area contributed by atoms with Crippen molar-refractivity contribution >= 4 is 29.5 Å². The molecule has 47 heavy (non-hydrogen) atoms. The first-order chi connectivity index (χ1) is 22.7. The second kappa shape index (κ2) is 15.8. The van der Waals surface area contributed by atoms with E-state index < -0.39 is 12.1 Å². The molecule has 1 aliphatic rings. The molecular weight excluding hydrogens is 613 g/mol. The molecule has 0 aliphatic carbocycles. The largest absolute Gasteiger partial charge is 0.344 e. The molecule has 0 spiro atoms. The van der Waals surface area contributed by atoms with E-state index in [1.807, 2.05) is 80.8 Å². The maximum Gasteiger partial charge on any atom is 0.257 e. The minimum atomic E-state index is -0.694. The molecule has 0 unspecified atom stereocenters. The van der Waals surface area contributed by atoms with Gasteiger partial charge in [0, 0.05) is 36.8 Å².